The molecule has 0 radical (unpaired) electrons. The summed E-state index contributed by atoms with van der Waals surface area (Å²) in [4.78, 5) is 44.4. The highest BCUT2D eigenvalue weighted by Gasteiger charge is 2.40. The third-order valence-corrected chi connectivity index (χ3v) is 6.57. The van der Waals surface area contributed by atoms with Crippen molar-refractivity contribution in [3.8, 4) is 11.5 Å². The lowest BCUT2D eigenvalue weighted by atomic mass is 9.93. The normalized spacial score (nSPS) is 20.6. The van der Waals surface area contributed by atoms with E-state index in [4.69, 9.17) is 14.2 Å². The SMILES string of the molecule is CCOC(=O)C1=C(CN2CCN(C(=O)NC(C)C)[C@H](C)C2)N(C)C(=O)N[C@@H]1c1cccc(OC)c1OC. The number of nitrogens with zero attached hydrogens (tertiary/aromatic N) is 3. The van der Waals surface area contributed by atoms with Gasteiger partial charge in [-0.3, -0.25) is 9.80 Å². The Labute approximate surface area is 218 Å². The van der Waals surface area contributed by atoms with Crippen molar-refractivity contribution < 1.29 is 28.6 Å². The third kappa shape index (κ3) is 6.10. The summed E-state index contributed by atoms with van der Waals surface area (Å²) in [6, 6.07) is 4.11. The fraction of sp³-hybridized carbons (Fsp3) is 0.577. The highest BCUT2D eigenvalue weighted by molar-refractivity contribution is 5.95. The Kier molecular flexibility index (Phi) is 9.25. The Morgan fingerprint density at radius 1 is 1.19 bits per heavy atom. The van der Waals surface area contributed by atoms with Gasteiger partial charge in [-0.1, -0.05) is 12.1 Å². The van der Waals surface area contributed by atoms with Gasteiger partial charge in [0.05, 0.1) is 32.4 Å². The zero-order chi connectivity index (χ0) is 27.3. The van der Waals surface area contributed by atoms with Crippen molar-refractivity contribution in [2.24, 2.45) is 0 Å². The number of hydrogen-bond acceptors (Lipinski definition) is 7. The fourth-order valence-electron chi connectivity index (χ4n) is 4.79. The number of likely N-dealkylation sites (N-methyl/N-ethyl adjacent to an activating group) is 1. The molecule has 0 aromatic heterocycles. The van der Waals surface area contributed by atoms with Crippen LogP contribution in [0.5, 0.6) is 11.5 Å². The zero-order valence-electron chi connectivity index (χ0n) is 22.8. The second-order valence-corrected chi connectivity index (χ2v) is 9.49. The summed E-state index contributed by atoms with van der Waals surface area (Å²) in [6.45, 7) is 9.85. The standard InChI is InChI=1S/C26H39N5O6/c1-8-37-24(32)21-19(15-30-12-13-31(17(4)14-30)26(34)27-16(2)3)29(5)25(33)28-22(21)18-10-9-11-20(35-6)23(18)36-7/h9-11,16-17,22H,8,12-15H2,1-7H3,(H,27,34)(H,28,33)/t17-,22-/m1/s1. The van der Waals surface area contributed by atoms with Crippen LogP contribution in [0.15, 0.2) is 29.5 Å². The molecule has 2 N–H and O–H groups in total. The summed E-state index contributed by atoms with van der Waals surface area (Å²) in [6.07, 6.45) is 0. The van der Waals surface area contributed by atoms with Crippen molar-refractivity contribution in [3.63, 3.8) is 0 Å². The van der Waals surface area contributed by atoms with E-state index >= 15 is 0 Å². The van der Waals surface area contributed by atoms with Crippen LogP contribution < -0.4 is 20.1 Å². The topological polar surface area (TPSA) is 113 Å². The maximum absolute atomic E-state index is 13.3. The van der Waals surface area contributed by atoms with E-state index in [0.29, 0.717) is 54.5 Å². The number of esters is 1. The van der Waals surface area contributed by atoms with Gasteiger partial charge in [-0.05, 0) is 33.8 Å². The van der Waals surface area contributed by atoms with Crippen molar-refractivity contribution in [2.75, 3.05) is 54.1 Å². The van der Waals surface area contributed by atoms with Crippen molar-refractivity contribution in [1.29, 1.82) is 0 Å². The monoisotopic (exact) mass is 517 g/mol. The van der Waals surface area contributed by atoms with E-state index in [-0.39, 0.29) is 30.8 Å². The number of ether oxygens (including phenoxy) is 3. The number of nitrogens with one attached hydrogen (secondary N) is 2. The van der Waals surface area contributed by atoms with Gasteiger partial charge in [-0.2, -0.15) is 0 Å². The van der Waals surface area contributed by atoms with Gasteiger partial charge in [0.1, 0.15) is 0 Å². The van der Waals surface area contributed by atoms with E-state index in [1.165, 1.54) is 19.1 Å². The van der Waals surface area contributed by atoms with Crippen molar-refractivity contribution in [1.82, 2.24) is 25.3 Å². The van der Waals surface area contributed by atoms with Crippen LogP contribution >= 0.6 is 0 Å². The van der Waals surface area contributed by atoms with Crippen LogP contribution in [0.1, 0.15) is 39.3 Å². The summed E-state index contributed by atoms with van der Waals surface area (Å²) in [5, 5.41) is 5.87. The number of urea groups is 2. The molecule has 2 atom stereocenters. The Morgan fingerprint density at radius 3 is 2.51 bits per heavy atom. The maximum Gasteiger partial charge on any atom is 0.338 e. The molecule has 11 nitrogen and oxygen atoms in total. The summed E-state index contributed by atoms with van der Waals surface area (Å²) in [5.74, 6) is 0.407. The average Bonchev–Trinajstić information content (AvgIpc) is 2.85. The lowest BCUT2D eigenvalue weighted by Crippen LogP contribution is -2.58. The van der Waals surface area contributed by atoms with Crippen molar-refractivity contribution in [3.05, 3.63) is 35.0 Å². The quantitative estimate of drug-likeness (QED) is 0.509. The molecule has 2 aliphatic heterocycles. The molecule has 0 spiro atoms. The molecule has 4 amide bonds. The second kappa shape index (κ2) is 12.2. The van der Waals surface area contributed by atoms with E-state index in [1.54, 1.807) is 32.2 Å². The van der Waals surface area contributed by atoms with Crippen LogP contribution in [0, 0.1) is 0 Å². The highest BCUT2D eigenvalue weighted by atomic mass is 16.5. The lowest BCUT2D eigenvalue weighted by Gasteiger charge is -2.42. The summed E-state index contributed by atoms with van der Waals surface area (Å²) in [7, 11) is 4.69. The second-order valence-electron chi connectivity index (χ2n) is 9.49. The molecule has 1 aromatic rings. The molecule has 0 saturated carbocycles. The minimum atomic E-state index is -0.793. The predicted molar refractivity (Wildman–Crippen MR) is 139 cm³/mol. The fourth-order valence-corrected chi connectivity index (χ4v) is 4.79. The summed E-state index contributed by atoms with van der Waals surface area (Å²) >= 11 is 0. The van der Waals surface area contributed by atoms with Gasteiger partial charge in [-0.15, -0.1) is 0 Å². The van der Waals surface area contributed by atoms with Crippen molar-refractivity contribution in [2.45, 2.75) is 45.8 Å². The zero-order valence-corrected chi connectivity index (χ0v) is 22.8. The molecule has 0 bridgehead atoms. The van der Waals surface area contributed by atoms with E-state index in [2.05, 4.69) is 15.5 Å². The first-order valence-corrected chi connectivity index (χ1v) is 12.6. The number of carbonyl (C=O) groups is 3. The molecule has 1 fully saturated rings. The molecule has 1 aromatic carbocycles. The predicted octanol–water partition coefficient (Wildman–Crippen LogP) is 2.34. The first kappa shape index (κ1) is 28.1. The molecular weight excluding hydrogens is 478 g/mol. The first-order chi connectivity index (χ1) is 17.6. The van der Waals surface area contributed by atoms with E-state index in [9.17, 15) is 14.4 Å². The van der Waals surface area contributed by atoms with Gasteiger partial charge in [0.15, 0.2) is 11.5 Å². The Hall–Kier alpha value is -3.47. The number of rotatable bonds is 8. The van der Waals surface area contributed by atoms with Crippen LogP contribution in [0.4, 0.5) is 9.59 Å². The Bertz CT molecular complexity index is 1040. The van der Waals surface area contributed by atoms with Gasteiger partial charge in [0.2, 0.25) is 0 Å². The van der Waals surface area contributed by atoms with Gasteiger partial charge in [-0.25, -0.2) is 14.4 Å². The van der Waals surface area contributed by atoms with Gasteiger partial charge < -0.3 is 29.7 Å². The number of carbonyl (C=O) groups excluding carboxylic acids is 3. The van der Waals surface area contributed by atoms with Crippen LogP contribution in [0.25, 0.3) is 0 Å². The number of piperazine rings is 1. The van der Waals surface area contributed by atoms with Crippen LogP contribution in [0.2, 0.25) is 0 Å². The van der Waals surface area contributed by atoms with Gasteiger partial charge in [0, 0.05) is 56.6 Å². The lowest BCUT2D eigenvalue weighted by molar-refractivity contribution is -0.139. The molecular formula is C26H39N5O6. The minimum absolute atomic E-state index is 0.0452. The number of methoxy groups -OCH3 is 2. The van der Waals surface area contributed by atoms with Crippen molar-refractivity contribution >= 4 is 18.0 Å². The first-order valence-electron chi connectivity index (χ1n) is 12.6. The smallest absolute Gasteiger partial charge is 0.338 e. The van der Waals surface area contributed by atoms with E-state index < -0.39 is 12.0 Å². The minimum Gasteiger partial charge on any atom is -0.493 e. The maximum atomic E-state index is 13.3. The third-order valence-electron chi connectivity index (χ3n) is 6.57. The molecule has 0 unspecified atom stereocenters. The molecule has 204 valence electrons. The number of benzene rings is 1. The largest absolute Gasteiger partial charge is 0.493 e. The summed E-state index contributed by atoms with van der Waals surface area (Å²) < 4.78 is 16.5. The average molecular weight is 518 g/mol. The Morgan fingerprint density at radius 2 is 1.92 bits per heavy atom. The highest BCUT2D eigenvalue weighted by Crippen LogP contribution is 2.40. The molecule has 3 rings (SSSR count). The van der Waals surface area contributed by atoms with Gasteiger partial charge >= 0.3 is 18.0 Å². The van der Waals surface area contributed by atoms with Crippen LogP contribution in [-0.2, 0) is 9.53 Å². The van der Waals surface area contributed by atoms with Crippen LogP contribution in [-0.4, -0.2) is 98.9 Å². The molecule has 11 heteroatoms. The van der Waals surface area contributed by atoms with Gasteiger partial charge in [0.25, 0.3) is 0 Å². The molecule has 2 heterocycles. The molecule has 2 aliphatic rings. The van der Waals surface area contributed by atoms with Crippen LogP contribution in [0.3, 0.4) is 0 Å². The summed E-state index contributed by atoms with van der Waals surface area (Å²) in [5.41, 5.74) is 1.47. The van der Waals surface area contributed by atoms with E-state index in [0.717, 1.165) is 0 Å². The number of amides is 4. The Balaban J connectivity index is 1.99. The van der Waals surface area contributed by atoms with E-state index in [1.807, 2.05) is 25.7 Å². The molecule has 1 saturated heterocycles. The number of para-hydroxylation sites is 1. The number of hydrogen-bond donors (Lipinski definition) is 2. The molecule has 37 heavy (non-hydrogen) atoms. The molecule has 0 aliphatic carbocycles.